The number of benzene rings is 2. The minimum absolute atomic E-state index is 0.561. The first-order valence-corrected chi connectivity index (χ1v) is 7.21. The Kier molecular flexibility index (Phi) is 5.36. The van der Waals surface area contributed by atoms with Crippen LogP contribution in [0.25, 0.3) is 0 Å². The number of aryl methyl sites for hydroxylation is 1. The van der Waals surface area contributed by atoms with Crippen molar-refractivity contribution >= 4 is 0 Å². The molecule has 3 heteroatoms. The van der Waals surface area contributed by atoms with Crippen LogP contribution in [0.15, 0.2) is 42.5 Å². The largest absolute Gasteiger partial charge is 0.456 e. The maximum atomic E-state index is 9.29. The molecule has 0 amide bonds. The highest BCUT2D eigenvalue weighted by Gasteiger charge is 2.06. The molecule has 0 aromatic heterocycles. The quantitative estimate of drug-likeness (QED) is 0.808. The van der Waals surface area contributed by atoms with Gasteiger partial charge in [0.2, 0.25) is 0 Å². The van der Waals surface area contributed by atoms with Crippen LogP contribution < -0.4 is 10.1 Å². The van der Waals surface area contributed by atoms with Crippen molar-refractivity contribution in [1.82, 2.24) is 5.32 Å². The molecule has 0 saturated heterocycles. The first-order valence-electron chi connectivity index (χ1n) is 7.21. The first kappa shape index (κ1) is 15.1. The van der Waals surface area contributed by atoms with Gasteiger partial charge in [-0.3, -0.25) is 0 Å². The number of hydrogen-bond acceptors (Lipinski definition) is 3. The van der Waals surface area contributed by atoms with Crippen LogP contribution in [0, 0.1) is 18.3 Å². The third kappa shape index (κ3) is 4.34. The minimum Gasteiger partial charge on any atom is -0.456 e. The molecule has 21 heavy (non-hydrogen) atoms. The maximum absolute atomic E-state index is 9.29. The van der Waals surface area contributed by atoms with Crippen LogP contribution in [0.2, 0.25) is 0 Å². The van der Waals surface area contributed by atoms with E-state index in [1.165, 1.54) is 5.56 Å². The summed E-state index contributed by atoms with van der Waals surface area (Å²) < 4.78 is 5.79. The summed E-state index contributed by atoms with van der Waals surface area (Å²) in [4.78, 5) is 0. The molecule has 0 aliphatic rings. The molecule has 0 saturated carbocycles. The molecule has 0 bridgehead atoms. The summed E-state index contributed by atoms with van der Waals surface area (Å²) in [7, 11) is 0. The second-order valence-corrected chi connectivity index (χ2v) is 5.03. The third-order valence-electron chi connectivity index (χ3n) is 3.17. The predicted octanol–water partition coefficient (Wildman–Crippen LogP) is 4.16. The Morgan fingerprint density at radius 1 is 1.14 bits per heavy atom. The second-order valence-electron chi connectivity index (χ2n) is 5.03. The van der Waals surface area contributed by atoms with Crippen molar-refractivity contribution in [3.8, 4) is 17.6 Å². The van der Waals surface area contributed by atoms with Gasteiger partial charge >= 0.3 is 0 Å². The van der Waals surface area contributed by atoms with Crippen LogP contribution >= 0.6 is 0 Å². The zero-order valence-corrected chi connectivity index (χ0v) is 12.5. The Hall–Kier alpha value is -2.31. The summed E-state index contributed by atoms with van der Waals surface area (Å²) in [5.74, 6) is 1.34. The molecule has 108 valence electrons. The standard InChI is InChI=1S/C18H20N2O/c1-3-10-20-13-15-6-9-18(16(11-15)12-19)21-17-7-4-14(2)5-8-17/h4-9,11,20H,3,10,13H2,1-2H3. The van der Waals surface area contributed by atoms with E-state index in [9.17, 15) is 5.26 Å². The minimum atomic E-state index is 0.561. The lowest BCUT2D eigenvalue weighted by atomic mass is 10.1. The molecular weight excluding hydrogens is 260 g/mol. The van der Waals surface area contributed by atoms with Crippen LogP contribution in [0.3, 0.4) is 0 Å². The van der Waals surface area contributed by atoms with Crippen molar-refractivity contribution in [3.05, 3.63) is 59.2 Å². The summed E-state index contributed by atoms with van der Waals surface area (Å²) in [6, 6.07) is 15.7. The van der Waals surface area contributed by atoms with E-state index < -0.39 is 0 Å². The fourth-order valence-electron chi connectivity index (χ4n) is 2.01. The van der Waals surface area contributed by atoms with Crippen molar-refractivity contribution in [2.45, 2.75) is 26.8 Å². The lowest BCUT2D eigenvalue weighted by Gasteiger charge is -2.10. The van der Waals surface area contributed by atoms with Gasteiger partial charge in [0.1, 0.15) is 17.6 Å². The van der Waals surface area contributed by atoms with E-state index in [-0.39, 0.29) is 0 Å². The molecule has 2 aromatic carbocycles. The van der Waals surface area contributed by atoms with Crippen molar-refractivity contribution < 1.29 is 4.74 Å². The van der Waals surface area contributed by atoms with E-state index in [4.69, 9.17) is 4.74 Å². The fraction of sp³-hybridized carbons (Fsp3) is 0.278. The number of hydrogen-bond donors (Lipinski definition) is 1. The molecule has 0 radical (unpaired) electrons. The SMILES string of the molecule is CCCNCc1ccc(Oc2ccc(C)cc2)c(C#N)c1. The Balaban J connectivity index is 2.12. The summed E-state index contributed by atoms with van der Waals surface area (Å²) in [5.41, 5.74) is 2.84. The number of nitrogens with zero attached hydrogens (tertiary/aromatic N) is 1. The summed E-state index contributed by atoms with van der Waals surface area (Å²) in [6.07, 6.45) is 1.10. The van der Waals surface area contributed by atoms with Gasteiger partial charge in [0, 0.05) is 6.54 Å². The molecule has 0 aliphatic carbocycles. The smallest absolute Gasteiger partial charge is 0.145 e. The van der Waals surface area contributed by atoms with Crippen molar-refractivity contribution in [2.75, 3.05) is 6.54 Å². The van der Waals surface area contributed by atoms with Gasteiger partial charge in [-0.2, -0.15) is 5.26 Å². The molecule has 2 aromatic rings. The number of nitrogens with one attached hydrogen (secondary N) is 1. The molecule has 3 nitrogen and oxygen atoms in total. The molecule has 0 fully saturated rings. The summed E-state index contributed by atoms with van der Waals surface area (Å²) in [6.45, 7) is 5.91. The highest BCUT2D eigenvalue weighted by molar-refractivity contribution is 5.47. The molecule has 0 aliphatic heterocycles. The maximum Gasteiger partial charge on any atom is 0.145 e. The third-order valence-corrected chi connectivity index (χ3v) is 3.17. The van der Waals surface area contributed by atoms with E-state index in [1.807, 2.05) is 49.4 Å². The monoisotopic (exact) mass is 280 g/mol. The van der Waals surface area contributed by atoms with Crippen molar-refractivity contribution in [3.63, 3.8) is 0 Å². The highest BCUT2D eigenvalue weighted by atomic mass is 16.5. The van der Waals surface area contributed by atoms with Crippen LogP contribution in [-0.2, 0) is 6.54 Å². The van der Waals surface area contributed by atoms with E-state index in [2.05, 4.69) is 18.3 Å². The predicted molar refractivity (Wildman–Crippen MR) is 84.4 cm³/mol. The normalized spacial score (nSPS) is 10.1. The molecule has 0 unspecified atom stereocenters. The molecule has 0 spiro atoms. The average molecular weight is 280 g/mol. The Morgan fingerprint density at radius 2 is 1.90 bits per heavy atom. The molecule has 0 atom stereocenters. The second kappa shape index (κ2) is 7.47. The van der Waals surface area contributed by atoms with Gasteiger partial charge in [-0.05, 0) is 49.7 Å². The van der Waals surface area contributed by atoms with E-state index >= 15 is 0 Å². The van der Waals surface area contributed by atoms with Gasteiger partial charge in [0.05, 0.1) is 5.56 Å². The Morgan fingerprint density at radius 3 is 2.57 bits per heavy atom. The van der Waals surface area contributed by atoms with Crippen LogP contribution in [0.4, 0.5) is 0 Å². The van der Waals surface area contributed by atoms with Crippen molar-refractivity contribution in [1.29, 1.82) is 5.26 Å². The molecule has 2 rings (SSSR count). The summed E-state index contributed by atoms with van der Waals surface area (Å²) >= 11 is 0. The number of rotatable bonds is 6. The highest BCUT2D eigenvalue weighted by Crippen LogP contribution is 2.26. The van der Waals surface area contributed by atoms with Crippen LogP contribution in [0.1, 0.15) is 30.0 Å². The average Bonchev–Trinajstić information content (AvgIpc) is 2.51. The van der Waals surface area contributed by atoms with Crippen LogP contribution in [0.5, 0.6) is 11.5 Å². The van der Waals surface area contributed by atoms with E-state index in [0.717, 1.165) is 30.8 Å². The van der Waals surface area contributed by atoms with Gasteiger partial charge < -0.3 is 10.1 Å². The first-order chi connectivity index (χ1) is 10.2. The van der Waals surface area contributed by atoms with Gasteiger partial charge in [-0.15, -0.1) is 0 Å². The lowest BCUT2D eigenvalue weighted by Crippen LogP contribution is -2.13. The number of ether oxygens (including phenoxy) is 1. The summed E-state index contributed by atoms with van der Waals surface area (Å²) in [5, 5.41) is 12.6. The number of nitriles is 1. The molecular formula is C18H20N2O. The zero-order valence-electron chi connectivity index (χ0n) is 12.5. The van der Waals surface area contributed by atoms with Gasteiger partial charge in [-0.1, -0.05) is 30.7 Å². The van der Waals surface area contributed by atoms with Gasteiger partial charge in [0.25, 0.3) is 0 Å². The topological polar surface area (TPSA) is 45.0 Å². The van der Waals surface area contributed by atoms with Gasteiger partial charge in [-0.25, -0.2) is 0 Å². The fourth-order valence-corrected chi connectivity index (χ4v) is 2.01. The van der Waals surface area contributed by atoms with Crippen molar-refractivity contribution in [2.24, 2.45) is 0 Å². The van der Waals surface area contributed by atoms with E-state index in [0.29, 0.717) is 11.3 Å². The molecule has 0 heterocycles. The lowest BCUT2D eigenvalue weighted by molar-refractivity contribution is 0.480. The van der Waals surface area contributed by atoms with Crippen LogP contribution in [-0.4, -0.2) is 6.54 Å². The van der Waals surface area contributed by atoms with E-state index in [1.54, 1.807) is 0 Å². The Bertz CT molecular complexity index is 627. The zero-order chi connectivity index (χ0) is 15.1. The molecule has 1 N–H and O–H groups in total. The Labute approximate surface area is 126 Å². The van der Waals surface area contributed by atoms with Gasteiger partial charge in [0.15, 0.2) is 0 Å².